The molecule has 3 heteroatoms. The molecule has 0 aromatic heterocycles. The summed E-state index contributed by atoms with van der Waals surface area (Å²) >= 11 is 1.91. The Labute approximate surface area is 123 Å². The Morgan fingerprint density at radius 3 is 3.05 bits per heavy atom. The average molecular weight is 283 g/mol. The van der Waals surface area contributed by atoms with E-state index in [0.717, 1.165) is 17.7 Å². The lowest BCUT2D eigenvalue weighted by atomic mass is 9.89. The van der Waals surface area contributed by atoms with Crippen LogP contribution in [0.3, 0.4) is 0 Å². The summed E-state index contributed by atoms with van der Waals surface area (Å²) < 4.78 is -0.00728. The van der Waals surface area contributed by atoms with Crippen molar-refractivity contribution in [1.82, 2.24) is 0 Å². The number of unbranched alkanes of at least 4 members (excludes halogenated alkanes) is 1. The minimum Gasteiger partial charge on any atom is -0.211 e. The monoisotopic (exact) mass is 283 g/mol. The summed E-state index contributed by atoms with van der Waals surface area (Å²) in [6, 6.07) is 6.26. The van der Waals surface area contributed by atoms with Gasteiger partial charge in [0.1, 0.15) is 0 Å². The summed E-state index contributed by atoms with van der Waals surface area (Å²) in [5.74, 6) is 0. The van der Waals surface area contributed by atoms with E-state index in [1.807, 2.05) is 17.8 Å². The molecule has 0 saturated carbocycles. The molecule has 1 fully saturated rings. The predicted octanol–water partition coefficient (Wildman–Crippen LogP) is 4.43. The van der Waals surface area contributed by atoms with E-state index in [1.54, 1.807) is 6.08 Å². The van der Waals surface area contributed by atoms with Crippen molar-refractivity contribution in [2.75, 3.05) is 0 Å². The van der Waals surface area contributed by atoms with Crippen LogP contribution < -0.4 is 0 Å². The molecule has 0 radical (unpaired) electrons. The largest absolute Gasteiger partial charge is 0.240 e. The summed E-state index contributed by atoms with van der Waals surface area (Å²) in [4.78, 5) is 14.6. The van der Waals surface area contributed by atoms with Crippen molar-refractivity contribution in [2.24, 2.45) is 4.99 Å². The Bertz CT molecular complexity index is 628. The molecule has 1 aromatic rings. The summed E-state index contributed by atoms with van der Waals surface area (Å²) in [6.07, 6.45) is 13.8. The Morgan fingerprint density at radius 2 is 2.30 bits per heavy atom. The van der Waals surface area contributed by atoms with Crippen LogP contribution in [0.1, 0.15) is 30.9 Å². The number of hydrogen-bond donors (Lipinski definition) is 0. The van der Waals surface area contributed by atoms with Gasteiger partial charge in [0.25, 0.3) is 0 Å². The highest BCUT2D eigenvalue weighted by Gasteiger charge is 2.55. The predicted molar refractivity (Wildman–Crippen MR) is 84.2 cm³/mol. The first-order valence-corrected chi connectivity index (χ1v) is 7.93. The Hall–Kier alpha value is -1.57. The number of allylic oxidation sites excluding steroid dienone is 2. The smallest absolute Gasteiger partial charge is 0.211 e. The molecule has 2 atom stereocenters. The van der Waals surface area contributed by atoms with Crippen molar-refractivity contribution in [3.05, 3.63) is 53.6 Å². The van der Waals surface area contributed by atoms with Crippen molar-refractivity contribution >= 4 is 23.5 Å². The van der Waals surface area contributed by atoms with Crippen molar-refractivity contribution < 1.29 is 4.79 Å². The van der Waals surface area contributed by atoms with E-state index < -0.39 is 0 Å². The number of hydrogen-bond acceptors (Lipinski definition) is 3. The van der Waals surface area contributed by atoms with Gasteiger partial charge in [-0.3, -0.25) is 0 Å². The molecule has 1 saturated heterocycles. The van der Waals surface area contributed by atoms with Gasteiger partial charge in [0.2, 0.25) is 6.08 Å². The van der Waals surface area contributed by atoms with Gasteiger partial charge in [0.05, 0.1) is 10.4 Å². The molecule has 0 N–H and O–H groups in total. The standard InChI is InChI=1S/C17H17NOS/c1-2-3-6-13-8-9-15(18-12-19)14(11-13)17-10-5-4-7-16(17)20-17/h4-5,7-11,16H,2-3,6H2,1H3. The molecule has 1 heterocycles. The minimum absolute atomic E-state index is 0.00728. The van der Waals surface area contributed by atoms with E-state index in [4.69, 9.17) is 0 Å². The number of isocyanates is 1. The second-order valence-electron chi connectivity index (χ2n) is 5.23. The van der Waals surface area contributed by atoms with Gasteiger partial charge in [-0.1, -0.05) is 49.8 Å². The van der Waals surface area contributed by atoms with Crippen LogP contribution in [0, 0.1) is 0 Å². The maximum Gasteiger partial charge on any atom is 0.240 e. The van der Waals surface area contributed by atoms with Gasteiger partial charge in [-0.2, -0.15) is 4.99 Å². The highest BCUT2D eigenvalue weighted by atomic mass is 32.2. The second kappa shape index (κ2) is 5.43. The van der Waals surface area contributed by atoms with Crippen LogP contribution in [0.25, 0.3) is 0 Å². The molecule has 2 nitrogen and oxygen atoms in total. The van der Waals surface area contributed by atoms with Crippen LogP contribution in [0.15, 0.2) is 47.5 Å². The SMILES string of the molecule is CCCCc1ccc(N=C=O)c(C23C=CC=CC2S3)c1. The van der Waals surface area contributed by atoms with Crippen LogP contribution in [0.4, 0.5) is 5.69 Å². The lowest BCUT2D eigenvalue weighted by Crippen LogP contribution is -2.10. The number of benzene rings is 1. The van der Waals surface area contributed by atoms with Crippen LogP contribution >= 0.6 is 11.8 Å². The van der Waals surface area contributed by atoms with E-state index in [9.17, 15) is 4.79 Å². The van der Waals surface area contributed by atoms with Crippen molar-refractivity contribution in [1.29, 1.82) is 0 Å². The molecular weight excluding hydrogens is 266 g/mol. The number of fused-ring (bicyclic) bond motifs is 1. The van der Waals surface area contributed by atoms with E-state index in [-0.39, 0.29) is 4.75 Å². The third-order valence-electron chi connectivity index (χ3n) is 3.90. The molecule has 1 aromatic carbocycles. The highest BCUT2D eigenvalue weighted by Crippen LogP contribution is 2.65. The molecule has 0 bridgehead atoms. The zero-order valence-corrected chi connectivity index (χ0v) is 12.3. The molecule has 102 valence electrons. The topological polar surface area (TPSA) is 29.4 Å². The number of thioether (sulfide) groups is 1. The first kappa shape index (κ1) is 13.4. The van der Waals surface area contributed by atoms with Gasteiger partial charge in [-0.15, -0.1) is 11.8 Å². The van der Waals surface area contributed by atoms with Gasteiger partial charge < -0.3 is 0 Å². The molecular formula is C17H17NOS. The number of rotatable bonds is 5. The van der Waals surface area contributed by atoms with Crippen LogP contribution in [-0.4, -0.2) is 11.3 Å². The molecule has 0 spiro atoms. The fraction of sp³-hybridized carbons (Fsp3) is 0.353. The Kier molecular flexibility index (Phi) is 3.64. The first-order valence-electron chi connectivity index (χ1n) is 7.05. The average Bonchev–Trinajstić information content (AvgIpc) is 3.22. The molecule has 0 amide bonds. The van der Waals surface area contributed by atoms with Crippen molar-refractivity contribution in [3.63, 3.8) is 0 Å². The Morgan fingerprint density at radius 1 is 1.40 bits per heavy atom. The highest BCUT2D eigenvalue weighted by molar-refractivity contribution is 8.08. The number of aliphatic imine (C=N–C) groups is 1. The normalized spacial score (nSPS) is 25.9. The number of nitrogens with zero attached hydrogens (tertiary/aromatic N) is 1. The fourth-order valence-electron chi connectivity index (χ4n) is 2.74. The fourth-order valence-corrected chi connectivity index (χ4v) is 3.99. The van der Waals surface area contributed by atoms with E-state index in [2.05, 4.69) is 48.4 Å². The van der Waals surface area contributed by atoms with Crippen molar-refractivity contribution in [2.45, 2.75) is 36.2 Å². The van der Waals surface area contributed by atoms with Crippen molar-refractivity contribution in [3.8, 4) is 0 Å². The van der Waals surface area contributed by atoms with Gasteiger partial charge in [0, 0.05) is 10.8 Å². The summed E-state index contributed by atoms with van der Waals surface area (Å²) in [7, 11) is 0. The molecule has 20 heavy (non-hydrogen) atoms. The molecule has 2 aliphatic rings. The lowest BCUT2D eigenvalue weighted by Gasteiger charge is -2.16. The summed E-state index contributed by atoms with van der Waals surface area (Å²) in [5, 5.41) is 0.481. The van der Waals surface area contributed by atoms with Crippen LogP contribution in [-0.2, 0) is 16.0 Å². The summed E-state index contributed by atoms with van der Waals surface area (Å²) in [6.45, 7) is 2.20. The third-order valence-corrected chi connectivity index (χ3v) is 5.42. The lowest BCUT2D eigenvalue weighted by molar-refractivity contribution is 0.565. The van der Waals surface area contributed by atoms with Crippen LogP contribution in [0.5, 0.6) is 0 Å². The Balaban J connectivity index is 2.00. The molecule has 3 rings (SSSR count). The first-order chi connectivity index (χ1) is 9.80. The summed E-state index contributed by atoms with van der Waals surface area (Å²) in [5.41, 5.74) is 3.25. The van der Waals surface area contributed by atoms with Gasteiger partial charge in [-0.05, 0) is 24.5 Å². The minimum atomic E-state index is -0.00728. The van der Waals surface area contributed by atoms with E-state index in [0.29, 0.717) is 5.25 Å². The zero-order chi connectivity index (χ0) is 14.0. The van der Waals surface area contributed by atoms with E-state index >= 15 is 0 Å². The molecule has 1 aliphatic heterocycles. The quantitative estimate of drug-likeness (QED) is 0.454. The number of carbonyl (C=O) groups excluding carboxylic acids is 1. The molecule has 1 aliphatic carbocycles. The van der Waals surface area contributed by atoms with Gasteiger partial charge in [0.15, 0.2) is 0 Å². The third kappa shape index (κ3) is 2.28. The second-order valence-corrected chi connectivity index (χ2v) is 6.65. The van der Waals surface area contributed by atoms with Gasteiger partial charge >= 0.3 is 0 Å². The van der Waals surface area contributed by atoms with Crippen LogP contribution in [0.2, 0.25) is 0 Å². The van der Waals surface area contributed by atoms with Gasteiger partial charge in [-0.25, -0.2) is 4.79 Å². The number of aryl methyl sites for hydroxylation is 1. The molecule has 2 unspecified atom stereocenters. The maximum atomic E-state index is 10.7. The van der Waals surface area contributed by atoms with E-state index in [1.165, 1.54) is 18.4 Å². The zero-order valence-electron chi connectivity index (χ0n) is 11.5. The maximum absolute atomic E-state index is 10.7.